The Hall–Kier alpha value is 0.300. The number of halogens is 3. The predicted octanol–water partition coefficient (Wildman–Crippen LogP) is 1.48. The Kier molecular flexibility index (Phi) is 3.69. The second-order valence-corrected chi connectivity index (χ2v) is 5.67. The van der Waals surface area contributed by atoms with Gasteiger partial charge in [-0.05, 0) is 0 Å². The molecule has 13 heavy (non-hydrogen) atoms. The molecule has 0 bridgehead atoms. The van der Waals surface area contributed by atoms with E-state index in [0.717, 1.165) is 0 Å². The van der Waals surface area contributed by atoms with E-state index in [1.54, 1.807) is 11.9 Å². The zero-order valence-electron chi connectivity index (χ0n) is 7.26. The molecular weight excluding hydrogens is 234 g/mol. The largest absolute Gasteiger partial charge is 0.332 e. The van der Waals surface area contributed by atoms with Gasteiger partial charge >= 0.3 is 0 Å². The van der Waals surface area contributed by atoms with Crippen LogP contribution in [0.15, 0.2) is 0 Å². The number of hydrogen-bond acceptors (Lipinski definition) is 2. The number of alkyl halides is 3. The highest BCUT2D eigenvalue weighted by molar-refractivity contribution is 6.67. The minimum Gasteiger partial charge on any atom is -0.332 e. The molecule has 1 fully saturated rings. The zero-order valence-corrected chi connectivity index (χ0v) is 9.53. The van der Waals surface area contributed by atoms with Gasteiger partial charge in [-0.25, -0.2) is 0 Å². The molecule has 76 valence electrons. The zero-order chi connectivity index (χ0) is 10.1. The van der Waals surface area contributed by atoms with Crippen molar-refractivity contribution in [2.24, 2.45) is 0 Å². The van der Waals surface area contributed by atoms with Gasteiger partial charge in [0.15, 0.2) is 3.79 Å². The molecule has 6 heteroatoms. The number of hydrogen-bond donors (Lipinski definition) is 0. The Morgan fingerprint density at radius 1 is 1.46 bits per heavy atom. The van der Waals surface area contributed by atoms with Gasteiger partial charge in [-0.2, -0.15) is 0 Å². The van der Waals surface area contributed by atoms with Crippen molar-refractivity contribution in [3.05, 3.63) is 0 Å². The molecule has 1 saturated heterocycles. The molecule has 1 aliphatic rings. The Morgan fingerprint density at radius 3 is 2.46 bits per heavy atom. The Bertz CT molecular complexity index is 204. The second-order valence-electron chi connectivity index (χ2n) is 3.15. The van der Waals surface area contributed by atoms with E-state index in [1.165, 1.54) is 0 Å². The third kappa shape index (κ3) is 3.90. The first-order valence-corrected chi connectivity index (χ1v) is 5.05. The van der Waals surface area contributed by atoms with Gasteiger partial charge < -0.3 is 4.90 Å². The Morgan fingerprint density at radius 2 is 2.08 bits per heavy atom. The summed E-state index contributed by atoms with van der Waals surface area (Å²) in [4.78, 5) is 14.7. The highest BCUT2D eigenvalue weighted by Crippen LogP contribution is 2.30. The number of nitrogens with zero attached hydrogens (tertiary/aromatic N) is 2. The lowest BCUT2D eigenvalue weighted by Gasteiger charge is -2.17. The lowest BCUT2D eigenvalue weighted by molar-refractivity contribution is -0.125. The summed E-state index contributed by atoms with van der Waals surface area (Å²) in [6.45, 7) is 1.68. The van der Waals surface area contributed by atoms with E-state index in [4.69, 9.17) is 34.8 Å². The second kappa shape index (κ2) is 4.22. The van der Waals surface area contributed by atoms with Crippen LogP contribution < -0.4 is 0 Å². The first-order valence-electron chi connectivity index (χ1n) is 3.91. The molecule has 0 aromatic heterocycles. The smallest absolute Gasteiger partial charge is 0.237 e. The SMILES string of the molecule is CN1CN(CCC(Cl)(Cl)Cl)CC1=O. The van der Waals surface area contributed by atoms with Crippen molar-refractivity contribution in [3.63, 3.8) is 0 Å². The standard InChI is InChI=1S/C7H11Cl3N2O/c1-11-5-12(4-6(11)13)3-2-7(8,9)10/h2-5H2,1H3. The molecule has 0 spiro atoms. The van der Waals surface area contributed by atoms with Crippen molar-refractivity contribution in [2.75, 3.05) is 26.8 Å². The molecule has 0 aromatic carbocycles. The van der Waals surface area contributed by atoms with Crippen molar-refractivity contribution in [3.8, 4) is 0 Å². The van der Waals surface area contributed by atoms with Crippen LogP contribution in [0.3, 0.4) is 0 Å². The molecule has 0 aromatic rings. The minimum atomic E-state index is -1.22. The van der Waals surface area contributed by atoms with Crippen LogP contribution in [0.2, 0.25) is 0 Å². The fourth-order valence-corrected chi connectivity index (χ4v) is 1.43. The van der Waals surface area contributed by atoms with Gasteiger partial charge in [0.05, 0.1) is 13.2 Å². The van der Waals surface area contributed by atoms with E-state index >= 15 is 0 Å². The van der Waals surface area contributed by atoms with Gasteiger partial charge in [-0.3, -0.25) is 9.69 Å². The van der Waals surface area contributed by atoms with E-state index < -0.39 is 3.79 Å². The minimum absolute atomic E-state index is 0.115. The molecule has 1 heterocycles. The summed E-state index contributed by atoms with van der Waals surface area (Å²) >= 11 is 16.8. The molecule has 0 atom stereocenters. The molecule has 0 N–H and O–H groups in total. The van der Waals surface area contributed by atoms with E-state index in [9.17, 15) is 4.79 Å². The summed E-state index contributed by atoms with van der Waals surface area (Å²) in [6, 6.07) is 0. The maximum Gasteiger partial charge on any atom is 0.237 e. The lowest BCUT2D eigenvalue weighted by atomic mass is 10.4. The lowest BCUT2D eigenvalue weighted by Crippen LogP contribution is -2.26. The van der Waals surface area contributed by atoms with E-state index in [1.807, 2.05) is 4.90 Å². The molecule has 0 unspecified atom stereocenters. The van der Waals surface area contributed by atoms with Crippen molar-refractivity contribution < 1.29 is 4.79 Å². The van der Waals surface area contributed by atoms with Crippen LogP contribution >= 0.6 is 34.8 Å². The molecule has 0 saturated carbocycles. The van der Waals surface area contributed by atoms with Gasteiger partial charge in [0.1, 0.15) is 0 Å². The maximum absolute atomic E-state index is 11.1. The van der Waals surface area contributed by atoms with E-state index in [-0.39, 0.29) is 5.91 Å². The molecule has 1 aliphatic heterocycles. The van der Waals surface area contributed by atoms with Crippen LogP contribution in [0.5, 0.6) is 0 Å². The maximum atomic E-state index is 11.1. The number of carbonyl (C=O) groups is 1. The fourth-order valence-electron chi connectivity index (χ4n) is 1.18. The molecule has 1 rings (SSSR count). The molecule has 0 aliphatic carbocycles. The van der Waals surface area contributed by atoms with Crippen LogP contribution in [0.1, 0.15) is 6.42 Å². The third-order valence-electron chi connectivity index (χ3n) is 1.91. The van der Waals surface area contributed by atoms with Gasteiger partial charge in [0.25, 0.3) is 0 Å². The van der Waals surface area contributed by atoms with Gasteiger partial charge in [0.2, 0.25) is 5.91 Å². The number of carbonyl (C=O) groups excluding carboxylic acids is 1. The Balaban J connectivity index is 2.29. The van der Waals surface area contributed by atoms with E-state index in [2.05, 4.69) is 0 Å². The third-order valence-corrected chi connectivity index (χ3v) is 2.48. The van der Waals surface area contributed by atoms with Gasteiger partial charge in [-0.15, -0.1) is 0 Å². The van der Waals surface area contributed by atoms with Crippen LogP contribution in [0.25, 0.3) is 0 Å². The highest BCUT2D eigenvalue weighted by atomic mass is 35.6. The average Bonchev–Trinajstić information content (AvgIpc) is 2.27. The molecule has 3 nitrogen and oxygen atoms in total. The number of rotatable bonds is 2. The van der Waals surface area contributed by atoms with E-state index in [0.29, 0.717) is 26.2 Å². The quantitative estimate of drug-likeness (QED) is 0.688. The van der Waals surface area contributed by atoms with Crippen LogP contribution in [-0.2, 0) is 4.79 Å². The summed E-state index contributed by atoms with van der Waals surface area (Å²) < 4.78 is -1.22. The first kappa shape index (κ1) is 11.4. The topological polar surface area (TPSA) is 23.6 Å². The van der Waals surface area contributed by atoms with Gasteiger partial charge in [-0.1, -0.05) is 34.8 Å². The van der Waals surface area contributed by atoms with Crippen LogP contribution in [0.4, 0.5) is 0 Å². The summed E-state index contributed by atoms with van der Waals surface area (Å²) in [6.07, 6.45) is 0.443. The van der Waals surface area contributed by atoms with Crippen molar-refractivity contribution in [2.45, 2.75) is 10.2 Å². The number of amides is 1. The fraction of sp³-hybridized carbons (Fsp3) is 0.857. The predicted molar refractivity (Wildman–Crippen MR) is 54.1 cm³/mol. The first-order chi connectivity index (χ1) is 5.88. The molecular formula is C7H11Cl3N2O. The summed E-state index contributed by atoms with van der Waals surface area (Å²) in [5.41, 5.74) is 0. The monoisotopic (exact) mass is 244 g/mol. The average molecular weight is 246 g/mol. The van der Waals surface area contributed by atoms with Crippen LogP contribution in [-0.4, -0.2) is 46.3 Å². The molecule has 1 amide bonds. The summed E-state index contributed by atoms with van der Waals surface area (Å²) in [5, 5.41) is 0. The molecule has 0 radical (unpaired) electrons. The van der Waals surface area contributed by atoms with Crippen molar-refractivity contribution in [1.29, 1.82) is 0 Å². The van der Waals surface area contributed by atoms with Crippen LogP contribution in [0, 0.1) is 0 Å². The summed E-state index contributed by atoms with van der Waals surface area (Å²) in [5.74, 6) is 0.115. The summed E-state index contributed by atoms with van der Waals surface area (Å²) in [7, 11) is 1.76. The van der Waals surface area contributed by atoms with Gasteiger partial charge in [0, 0.05) is 20.0 Å². The Labute approximate surface area is 92.5 Å². The normalized spacial score (nSPS) is 20.0. The number of likely N-dealkylation sites (N-methyl/N-ethyl adjacent to an activating group) is 1. The highest BCUT2D eigenvalue weighted by Gasteiger charge is 2.27. The van der Waals surface area contributed by atoms with Crippen molar-refractivity contribution in [1.82, 2.24) is 9.80 Å². The van der Waals surface area contributed by atoms with Crippen molar-refractivity contribution >= 4 is 40.7 Å².